The predicted octanol–water partition coefficient (Wildman–Crippen LogP) is 3.11. The number of carbonyl (C=O) groups is 2. The van der Waals surface area contributed by atoms with Gasteiger partial charge >= 0.3 is 0 Å². The number of likely N-dealkylation sites (tertiary alicyclic amines) is 1. The number of anilines is 1. The SMILES string of the molecule is CC1=CC2(CCN(c3ncccc3C(=O)N3C[C@H]4CC[C@@H]3C4)CC2)OCC1.O=CO. The molecule has 0 aromatic carbocycles. The first-order valence-electron chi connectivity index (χ1n) is 11.0. The van der Waals surface area contributed by atoms with E-state index in [2.05, 4.69) is 27.8 Å². The number of aromatic nitrogens is 1. The predicted molar refractivity (Wildman–Crippen MR) is 114 cm³/mol. The number of fused-ring (bicyclic) bond motifs is 2. The summed E-state index contributed by atoms with van der Waals surface area (Å²) in [6.07, 6.45) is 10.8. The number of piperidine rings is 2. The maximum Gasteiger partial charge on any atom is 0.290 e. The zero-order valence-electron chi connectivity index (χ0n) is 17.6. The third-order valence-electron chi connectivity index (χ3n) is 6.99. The van der Waals surface area contributed by atoms with E-state index < -0.39 is 0 Å². The van der Waals surface area contributed by atoms with E-state index in [0.29, 0.717) is 12.0 Å². The van der Waals surface area contributed by atoms with Gasteiger partial charge in [0, 0.05) is 31.9 Å². The van der Waals surface area contributed by atoms with Crippen LogP contribution in [-0.2, 0) is 9.53 Å². The fourth-order valence-electron chi connectivity index (χ4n) is 5.51. The Morgan fingerprint density at radius 1 is 1.33 bits per heavy atom. The molecule has 2 atom stereocenters. The molecule has 5 rings (SSSR count). The van der Waals surface area contributed by atoms with Crippen molar-refractivity contribution in [3.05, 3.63) is 35.5 Å². The van der Waals surface area contributed by atoms with Crippen LogP contribution < -0.4 is 4.90 Å². The van der Waals surface area contributed by atoms with Crippen molar-refractivity contribution in [3.63, 3.8) is 0 Å². The lowest BCUT2D eigenvalue weighted by molar-refractivity contribution is -0.122. The molecule has 7 heteroatoms. The Morgan fingerprint density at radius 2 is 2.10 bits per heavy atom. The Morgan fingerprint density at radius 3 is 2.73 bits per heavy atom. The molecule has 2 bridgehead atoms. The van der Waals surface area contributed by atoms with Crippen molar-refractivity contribution in [2.45, 2.75) is 57.1 Å². The fourth-order valence-corrected chi connectivity index (χ4v) is 5.51. The number of ether oxygens (including phenoxy) is 1. The minimum absolute atomic E-state index is 0.105. The van der Waals surface area contributed by atoms with Crippen LogP contribution in [0.3, 0.4) is 0 Å². The summed E-state index contributed by atoms with van der Waals surface area (Å²) in [4.78, 5) is 30.6. The Hall–Kier alpha value is -2.41. The van der Waals surface area contributed by atoms with Gasteiger partial charge in [-0.2, -0.15) is 0 Å². The Bertz CT molecular complexity index is 816. The van der Waals surface area contributed by atoms with Crippen LogP contribution in [0.2, 0.25) is 0 Å². The third-order valence-corrected chi connectivity index (χ3v) is 6.99. The number of carbonyl (C=O) groups excluding carboxylic acids is 1. The zero-order chi connectivity index (χ0) is 21.1. The van der Waals surface area contributed by atoms with Gasteiger partial charge in [0.1, 0.15) is 5.82 Å². The minimum Gasteiger partial charge on any atom is -0.483 e. The molecule has 1 N–H and O–H groups in total. The molecule has 1 saturated carbocycles. The van der Waals surface area contributed by atoms with Crippen molar-refractivity contribution in [2.24, 2.45) is 5.92 Å². The molecule has 1 aliphatic carbocycles. The molecule has 4 heterocycles. The Labute approximate surface area is 177 Å². The maximum atomic E-state index is 13.3. The van der Waals surface area contributed by atoms with Gasteiger partial charge in [-0.25, -0.2) is 4.98 Å². The monoisotopic (exact) mass is 413 g/mol. The first-order valence-corrected chi connectivity index (χ1v) is 11.0. The van der Waals surface area contributed by atoms with E-state index in [4.69, 9.17) is 14.6 Å². The van der Waals surface area contributed by atoms with Crippen LogP contribution in [0.15, 0.2) is 30.0 Å². The number of hydrogen-bond acceptors (Lipinski definition) is 5. The first kappa shape index (κ1) is 20.8. The molecule has 2 saturated heterocycles. The molecule has 1 aromatic heterocycles. The summed E-state index contributed by atoms with van der Waals surface area (Å²) >= 11 is 0. The van der Waals surface area contributed by atoms with Gasteiger partial charge in [-0.05, 0) is 63.5 Å². The molecular formula is C23H31N3O4. The minimum atomic E-state index is -0.250. The van der Waals surface area contributed by atoms with Crippen molar-refractivity contribution in [1.82, 2.24) is 9.88 Å². The highest BCUT2D eigenvalue weighted by Crippen LogP contribution is 2.39. The largest absolute Gasteiger partial charge is 0.483 e. The maximum absolute atomic E-state index is 13.3. The van der Waals surface area contributed by atoms with E-state index in [-0.39, 0.29) is 18.0 Å². The number of amides is 1. The number of nitrogens with zero attached hydrogens (tertiary/aromatic N) is 3. The molecule has 0 radical (unpaired) electrons. The van der Waals surface area contributed by atoms with Crippen LogP contribution in [0.4, 0.5) is 5.82 Å². The highest BCUT2D eigenvalue weighted by Gasteiger charge is 2.42. The van der Waals surface area contributed by atoms with Crippen molar-refractivity contribution < 1.29 is 19.4 Å². The first-order chi connectivity index (χ1) is 14.5. The zero-order valence-corrected chi connectivity index (χ0v) is 17.6. The lowest BCUT2D eigenvalue weighted by Crippen LogP contribution is -2.47. The molecule has 7 nitrogen and oxygen atoms in total. The quantitative estimate of drug-likeness (QED) is 0.593. The topological polar surface area (TPSA) is 83.0 Å². The molecule has 30 heavy (non-hydrogen) atoms. The van der Waals surface area contributed by atoms with E-state index in [1.54, 1.807) is 0 Å². The molecule has 3 fully saturated rings. The molecule has 3 aliphatic heterocycles. The summed E-state index contributed by atoms with van der Waals surface area (Å²) in [7, 11) is 0. The van der Waals surface area contributed by atoms with E-state index in [1.165, 1.54) is 24.8 Å². The third kappa shape index (κ3) is 4.08. The molecule has 1 spiro atoms. The van der Waals surface area contributed by atoms with Crippen molar-refractivity contribution >= 4 is 18.2 Å². The molecule has 1 amide bonds. The smallest absolute Gasteiger partial charge is 0.290 e. The summed E-state index contributed by atoms with van der Waals surface area (Å²) < 4.78 is 6.15. The van der Waals surface area contributed by atoms with Gasteiger partial charge in [-0.1, -0.05) is 11.6 Å². The van der Waals surface area contributed by atoms with Crippen LogP contribution >= 0.6 is 0 Å². The molecule has 0 unspecified atom stereocenters. The van der Waals surface area contributed by atoms with Crippen LogP contribution in [0, 0.1) is 5.92 Å². The van der Waals surface area contributed by atoms with Gasteiger partial charge in [0.25, 0.3) is 12.4 Å². The number of hydrogen-bond donors (Lipinski definition) is 1. The number of rotatable bonds is 2. The van der Waals surface area contributed by atoms with Crippen LogP contribution in [-0.4, -0.2) is 65.3 Å². The van der Waals surface area contributed by atoms with Crippen LogP contribution in [0.1, 0.15) is 55.8 Å². The average molecular weight is 414 g/mol. The van der Waals surface area contributed by atoms with E-state index in [9.17, 15) is 4.79 Å². The summed E-state index contributed by atoms with van der Waals surface area (Å²) in [5, 5.41) is 6.89. The van der Waals surface area contributed by atoms with Crippen molar-refractivity contribution in [1.29, 1.82) is 0 Å². The Kier molecular flexibility index (Phi) is 6.09. The number of pyridine rings is 1. The summed E-state index contributed by atoms with van der Waals surface area (Å²) in [5.74, 6) is 1.75. The van der Waals surface area contributed by atoms with Gasteiger partial charge in [0.15, 0.2) is 0 Å². The molecule has 162 valence electrons. The second-order valence-electron chi connectivity index (χ2n) is 8.91. The standard InChI is InChI=1S/C22H29N3O2.CH2O2/c1-16-6-12-27-22(14-16)7-10-24(11-8-22)20-19(3-2-9-23-20)21(26)25-15-17-4-5-18(25)13-17;2-1-3/h2-3,9,14,17-18H,4-8,10-13,15H2,1H3;1H,(H,2,3)/t17-,18+;/m0./s1. The van der Waals surface area contributed by atoms with E-state index >= 15 is 0 Å². The van der Waals surface area contributed by atoms with Gasteiger partial charge < -0.3 is 19.6 Å². The lowest BCUT2D eigenvalue weighted by Gasteiger charge is -2.43. The normalized spacial score (nSPS) is 26.8. The van der Waals surface area contributed by atoms with Crippen molar-refractivity contribution in [3.8, 4) is 0 Å². The Balaban J connectivity index is 0.000000687. The van der Waals surface area contributed by atoms with Crippen molar-refractivity contribution in [2.75, 3.05) is 31.1 Å². The van der Waals surface area contributed by atoms with Gasteiger partial charge in [-0.15, -0.1) is 0 Å². The highest BCUT2D eigenvalue weighted by atomic mass is 16.5. The fraction of sp³-hybridized carbons (Fsp3) is 0.609. The summed E-state index contributed by atoms with van der Waals surface area (Å²) in [6, 6.07) is 4.30. The van der Waals surface area contributed by atoms with E-state index in [1.807, 2.05) is 18.3 Å². The summed E-state index contributed by atoms with van der Waals surface area (Å²) in [6.45, 7) is 5.47. The second kappa shape index (κ2) is 8.76. The number of carboxylic acid groups (broad SMARTS) is 1. The highest BCUT2D eigenvalue weighted by molar-refractivity contribution is 5.99. The lowest BCUT2D eigenvalue weighted by atomic mass is 9.87. The van der Waals surface area contributed by atoms with Gasteiger partial charge in [0.05, 0.1) is 17.8 Å². The van der Waals surface area contributed by atoms with Gasteiger partial charge in [0.2, 0.25) is 0 Å². The molecular weight excluding hydrogens is 382 g/mol. The molecule has 1 aromatic rings. The van der Waals surface area contributed by atoms with E-state index in [0.717, 1.165) is 56.9 Å². The van der Waals surface area contributed by atoms with Gasteiger partial charge in [-0.3, -0.25) is 9.59 Å². The van der Waals surface area contributed by atoms with Crippen LogP contribution in [0.25, 0.3) is 0 Å². The second-order valence-corrected chi connectivity index (χ2v) is 8.91. The average Bonchev–Trinajstić information content (AvgIpc) is 3.38. The summed E-state index contributed by atoms with van der Waals surface area (Å²) in [5.41, 5.74) is 2.11. The molecule has 4 aliphatic rings. The van der Waals surface area contributed by atoms with Crippen LogP contribution in [0.5, 0.6) is 0 Å².